The molecule has 0 atom stereocenters. The lowest BCUT2D eigenvalue weighted by Crippen LogP contribution is -2.23. The average Bonchev–Trinajstić information content (AvgIpc) is 2.58. The average molecular weight is 356 g/mol. The molecule has 2 rings (SSSR count). The van der Waals surface area contributed by atoms with E-state index < -0.39 is 0 Å². The summed E-state index contributed by atoms with van der Waals surface area (Å²) in [5.41, 5.74) is 6.42. The maximum Gasteiger partial charge on any atom is 0.191 e. The third-order valence-corrected chi connectivity index (χ3v) is 3.98. The summed E-state index contributed by atoms with van der Waals surface area (Å²) in [6.07, 6.45) is 1.55. The van der Waals surface area contributed by atoms with Crippen molar-refractivity contribution < 1.29 is 5.11 Å². The van der Waals surface area contributed by atoms with Gasteiger partial charge in [-0.15, -0.1) is 0 Å². The minimum Gasteiger partial charge on any atom is -0.507 e. The molecule has 0 amide bonds. The molecule has 6 heteroatoms. The van der Waals surface area contributed by atoms with Gasteiger partial charge >= 0.3 is 0 Å². The summed E-state index contributed by atoms with van der Waals surface area (Å²) in [7, 11) is 0. The number of hydrogen-bond acceptors (Lipinski definition) is 4. The van der Waals surface area contributed by atoms with Crippen LogP contribution in [0.1, 0.15) is 25.0 Å². The summed E-state index contributed by atoms with van der Waals surface area (Å²) >= 11 is 5.21. The number of anilines is 2. The Kier molecular flexibility index (Phi) is 6.77. The monoisotopic (exact) mass is 356 g/mol. The van der Waals surface area contributed by atoms with Crippen LogP contribution in [0.15, 0.2) is 47.6 Å². The van der Waals surface area contributed by atoms with Crippen molar-refractivity contribution in [2.24, 2.45) is 5.10 Å². The third kappa shape index (κ3) is 5.46. The van der Waals surface area contributed by atoms with Gasteiger partial charge in [0.25, 0.3) is 0 Å². The van der Waals surface area contributed by atoms with E-state index in [0.717, 1.165) is 30.0 Å². The van der Waals surface area contributed by atoms with Crippen LogP contribution in [0.3, 0.4) is 0 Å². The van der Waals surface area contributed by atoms with Gasteiger partial charge in [0.1, 0.15) is 5.75 Å². The first-order valence-corrected chi connectivity index (χ1v) is 8.69. The lowest BCUT2D eigenvalue weighted by molar-refractivity contribution is 0.474. The van der Waals surface area contributed by atoms with Crippen LogP contribution in [0.2, 0.25) is 0 Å². The Hall–Kier alpha value is -2.60. The van der Waals surface area contributed by atoms with E-state index in [-0.39, 0.29) is 5.75 Å². The maximum absolute atomic E-state index is 10.2. The molecular formula is C19H24N4OS. The minimum absolute atomic E-state index is 0.188. The van der Waals surface area contributed by atoms with Gasteiger partial charge in [-0.05, 0) is 62.8 Å². The van der Waals surface area contributed by atoms with Crippen molar-refractivity contribution in [3.05, 3.63) is 53.6 Å². The molecule has 2 aromatic rings. The predicted octanol–water partition coefficient (Wildman–Crippen LogP) is 3.87. The van der Waals surface area contributed by atoms with E-state index in [9.17, 15) is 5.11 Å². The van der Waals surface area contributed by atoms with Gasteiger partial charge in [0.2, 0.25) is 0 Å². The number of hydrogen-bond donors (Lipinski definition) is 3. The smallest absolute Gasteiger partial charge is 0.191 e. The van der Waals surface area contributed by atoms with Gasteiger partial charge in [-0.3, -0.25) is 5.43 Å². The van der Waals surface area contributed by atoms with Crippen molar-refractivity contribution in [2.45, 2.75) is 20.8 Å². The SMILES string of the molecule is CCN(CC)c1ccc(C=NNC(=S)Nc2cccc(C)c2)c(O)c1. The second-order valence-corrected chi connectivity index (χ2v) is 6.02. The standard InChI is InChI=1S/C19H24N4OS/c1-4-23(5-2)17-10-9-15(18(24)12-17)13-20-22-19(25)21-16-8-6-7-14(3)11-16/h6-13,24H,4-5H2,1-3H3,(H2,21,22,25). The van der Waals surface area contributed by atoms with Gasteiger partial charge < -0.3 is 15.3 Å². The second kappa shape index (κ2) is 9.03. The Morgan fingerprint density at radius 2 is 1.96 bits per heavy atom. The Morgan fingerprint density at radius 3 is 2.60 bits per heavy atom. The molecule has 0 saturated heterocycles. The number of aromatic hydroxyl groups is 1. The van der Waals surface area contributed by atoms with E-state index in [0.29, 0.717) is 10.7 Å². The molecule has 0 bridgehead atoms. The molecule has 0 radical (unpaired) electrons. The highest BCUT2D eigenvalue weighted by atomic mass is 32.1. The number of nitrogens with zero attached hydrogens (tertiary/aromatic N) is 2. The Morgan fingerprint density at radius 1 is 1.20 bits per heavy atom. The van der Waals surface area contributed by atoms with Crippen molar-refractivity contribution in [3.63, 3.8) is 0 Å². The van der Waals surface area contributed by atoms with Gasteiger partial charge in [0.15, 0.2) is 5.11 Å². The first-order chi connectivity index (χ1) is 12.0. The third-order valence-electron chi connectivity index (χ3n) is 3.79. The van der Waals surface area contributed by atoms with Crippen LogP contribution >= 0.6 is 12.2 Å². The minimum atomic E-state index is 0.188. The van der Waals surface area contributed by atoms with Crippen molar-refractivity contribution in [3.8, 4) is 5.75 Å². The molecule has 132 valence electrons. The zero-order chi connectivity index (χ0) is 18.2. The summed E-state index contributed by atoms with van der Waals surface area (Å²) < 4.78 is 0. The lowest BCUT2D eigenvalue weighted by Gasteiger charge is -2.21. The molecule has 0 aliphatic heterocycles. The van der Waals surface area contributed by atoms with E-state index in [4.69, 9.17) is 12.2 Å². The molecule has 0 saturated carbocycles. The number of rotatable bonds is 6. The van der Waals surface area contributed by atoms with Crippen LogP contribution in [-0.2, 0) is 0 Å². The number of benzene rings is 2. The topological polar surface area (TPSA) is 59.9 Å². The normalized spacial score (nSPS) is 10.7. The fourth-order valence-corrected chi connectivity index (χ4v) is 2.64. The molecule has 0 spiro atoms. The van der Waals surface area contributed by atoms with Crippen LogP contribution in [0.25, 0.3) is 0 Å². The van der Waals surface area contributed by atoms with Gasteiger partial charge in [-0.2, -0.15) is 5.10 Å². The van der Waals surface area contributed by atoms with E-state index in [1.807, 2.05) is 43.3 Å². The lowest BCUT2D eigenvalue weighted by atomic mass is 10.2. The maximum atomic E-state index is 10.2. The van der Waals surface area contributed by atoms with Gasteiger partial charge in [-0.25, -0.2) is 0 Å². The highest BCUT2D eigenvalue weighted by Gasteiger charge is 2.05. The van der Waals surface area contributed by atoms with Crippen LogP contribution in [0.5, 0.6) is 5.75 Å². The quantitative estimate of drug-likeness (QED) is 0.417. The molecule has 3 N–H and O–H groups in total. The highest BCUT2D eigenvalue weighted by molar-refractivity contribution is 7.80. The molecule has 0 heterocycles. The number of thiocarbonyl (C=S) groups is 1. The number of nitrogens with one attached hydrogen (secondary N) is 2. The molecule has 0 unspecified atom stereocenters. The van der Waals surface area contributed by atoms with Crippen molar-refractivity contribution in [1.82, 2.24) is 5.43 Å². The molecular weight excluding hydrogens is 332 g/mol. The van der Waals surface area contributed by atoms with Gasteiger partial charge in [0, 0.05) is 36.1 Å². The molecule has 2 aromatic carbocycles. The first-order valence-electron chi connectivity index (χ1n) is 8.28. The molecule has 0 aliphatic carbocycles. The second-order valence-electron chi connectivity index (χ2n) is 5.61. The van der Waals surface area contributed by atoms with Crippen LogP contribution in [-0.4, -0.2) is 29.5 Å². The van der Waals surface area contributed by atoms with Crippen molar-refractivity contribution in [2.75, 3.05) is 23.3 Å². The van der Waals surface area contributed by atoms with Crippen molar-refractivity contribution >= 4 is 34.9 Å². The summed E-state index contributed by atoms with van der Waals surface area (Å²) in [5.74, 6) is 0.188. The summed E-state index contributed by atoms with van der Waals surface area (Å²) in [5, 5.41) is 17.7. The van der Waals surface area contributed by atoms with Crippen LogP contribution in [0, 0.1) is 6.92 Å². The number of phenols is 1. The van der Waals surface area contributed by atoms with Gasteiger partial charge in [-0.1, -0.05) is 12.1 Å². The molecule has 5 nitrogen and oxygen atoms in total. The largest absolute Gasteiger partial charge is 0.507 e. The summed E-state index contributed by atoms with van der Waals surface area (Å²) in [6, 6.07) is 13.5. The van der Waals surface area contributed by atoms with E-state index in [1.54, 1.807) is 12.3 Å². The Labute approximate surface area is 154 Å². The Balaban J connectivity index is 1.96. The summed E-state index contributed by atoms with van der Waals surface area (Å²) in [4.78, 5) is 2.17. The van der Waals surface area contributed by atoms with E-state index in [2.05, 4.69) is 34.6 Å². The predicted molar refractivity (Wildman–Crippen MR) is 110 cm³/mol. The fraction of sp³-hybridized carbons (Fsp3) is 0.263. The zero-order valence-electron chi connectivity index (χ0n) is 14.8. The molecule has 0 fully saturated rings. The first kappa shape index (κ1) is 18.7. The number of hydrazone groups is 1. The number of aryl methyl sites for hydroxylation is 1. The number of phenolic OH excluding ortho intramolecular Hbond substituents is 1. The van der Waals surface area contributed by atoms with Gasteiger partial charge in [0.05, 0.1) is 6.21 Å². The molecule has 0 aromatic heterocycles. The summed E-state index contributed by atoms with van der Waals surface area (Å²) in [6.45, 7) is 7.97. The molecule has 0 aliphatic rings. The van der Waals surface area contributed by atoms with E-state index in [1.165, 1.54) is 0 Å². The van der Waals surface area contributed by atoms with E-state index >= 15 is 0 Å². The van der Waals surface area contributed by atoms with Crippen LogP contribution < -0.4 is 15.6 Å². The van der Waals surface area contributed by atoms with Crippen molar-refractivity contribution in [1.29, 1.82) is 0 Å². The zero-order valence-corrected chi connectivity index (χ0v) is 15.6. The fourth-order valence-electron chi connectivity index (χ4n) is 2.47. The highest BCUT2D eigenvalue weighted by Crippen LogP contribution is 2.23. The molecule has 25 heavy (non-hydrogen) atoms. The van der Waals surface area contributed by atoms with Crippen LogP contribution in [0.4, 0.5) is 11.4 Å². The Bertz CT molecular complexity index is 757.